The number of nitrogens with one attached hydrogen (secondary N) is 1. The molecule has 1 aliphatic heterocycles. The Hall–Kier alpha value is -2.94. The molecule has 6 nitrogen and oxygen atoms in total. The van der Waals surface area contributed by atoms with Gasteiger partial charge < -0.3 is 4.90 Å². The predicted molar refractivity (Wildman–Crippen MR) is 143 cm³/mol. The van der Waals surface area contributed by atoms with Crippen molar-refractivity contribution in [3.63, 3.8) is 0 Å². The number of hydrogen-bond donors (Lipinski definition) is 1. The van der Waals surface area contributed by atoms with Gasteiger partial charge in [0.1, 0.15) is 0 Å². The minimum absolute atomic E-state index is 0.102. The number of fused-ring (bicyclic) bond motifs is 1. The molecule has 0 radical (unpaired) electrons. The number of nitrogens with zero attached hydrogens (tertiary/aromatic N) is 2. The molecule has 0 amide bonds. The van der Waals surface area contributed by atoms with Crippen LogP contribution in [-0.2, 0) is 23.1 Å². The second-order valence-corrected chi connectivity index (χ2v) is 12.0. The first-order valence-corrected chi connectivity index (χ1v) is 14.2. The molecule has 1 N–H and O–H groups in total. The van der Waals surface area contributed by atoms with Crippen molar-refractivity contribution >= 4 is 37.3 Å². The third-order valence-electron chi connectivity index (χ3n) is 6.56. The fourth-order valence-electron chi connectivity index (χ4n) is 4.64. The van der Waals surface area contributed by atoms with Gasteiger partial charge in [0.2, 0.25) is 10.0 Å². The molecule has 1 unspecified atom stereocenters. The zero-order valence-corrected chi connectivity index (χ0v) is 21.3. The monoisotopic (exact) mass is 507 g/mol. The maximum absolute atomic E-state index is 13.0. The predicted octanol–water partition coefficient (Wildman–Crippen LogP) is 4.83. The van der Waals surface area contributed by atoms with Gasteiger partial charge in [-0.05, 0) is 60.2 Å². The Morgan fingerprint density at radius 1 is 1.00 bits per heavy atom. The molecule has 182 valence electrons. The maximum atomic E-state index is 13.0. The summed E-state index contributed by atoms with van der Waals surface area (Å²) in [4.78, 5) is 15.0. The second-order valence-electron chi connectivity index (χ2n) is 9.25. The van der Waals surface area contributed by atoms with Crippen LogP contribution in [0.1, 0.15) is 30.9 Å². The first kappa shape index (κ1) is 23.8. The highest BCUT2D eigenvalue weighted by Gasteiger charge is 2.18. The lowest BCUT2D eigenvalue weighted by molar-refractivity contribution is 0.447. The Morgan fingerprint density at radius 3 is 2.51 bits per heavy atom. The molecular formula is C27H29N3O3S2. The Morgan fingerprint density at radius 2 is 1.77 bits per heavy atom. The van der Waals surface area contributed by atoms with Crippen LogP contribution in [0, 0.1) is 5.92 Å². The average Bonchev–Trinajstić information content (AvgIpc) is 3.18. The van der Waals surface area contributed by atoms with E-state index in [4.69, 9.17) is 0 Å². The van der Waals surface area contributed by atoms with Gasteiger partial charge in [-0.15, -0.1) is 0 Å². The van der Waals surface area contributed by atoms with E-state index in [1.165, 1.54) is 18.5 Å². The number of thiazole rings is 1. The van der Waals surface area contributed by atoms with Crippen molar-refractivity contribution in [2.45, 2.75) is 37.8 Å². The van der Waals surface area contributed by atoms with E-state index in [0.717, 1.165) is 41.1 Å². The van der Waals surface area contributed by atoms with E-state index in [1.807, 2.05) is 42.5 Å². The molecule has 4 aromatic rings. The van der Waals surface area contributed by atoms with Crippen molar-refractivity contribution < 1.29 is 8.42 Å². The molecule has 3 aromatic carbocycles. The van der Waals surface area contributed by atoms with Crippen molar-refractivity contribution in [3.05, 3.63) is 93.6 Å². The topological polar surface area (TPSA) is 71.4 Å². The highest BCUT2D eigenvalue weighted by molar-refractivity contribution is 7.89. The van der Waals surface area contributed by atoms with Gasteiger partial charge in [0, 0.05) is 25.3 Å². The number of aromatic nitrogens is 1. The number of rotatable bonds is 7. The standard InChI is InChI=1S/C27H29N3O3S2/c1-20-6-5-15-29(18-20)23-11-9-21(10-12-23)17-28-35(32,33)24-13-14-25-26(16-24)34-27(31)30(25)19-22-7-3-2-4-8-22/h2-4,7-14,16,20,28H,5-6,15,17-19H2,1H3. The van der Waals surface area contributed by atoms with Crippen molar-refractivity contribution in [2.24, 2.45) is 5.92 Å². The molecule has 2 heterocycles. The van der Waals surface area contributed by atoms with Crippen LogP contribution in [0.5, 0.6) is 0 Å². The quantitative estimate of drug-likeness (QED) is 0.389. The summed E-state index contributed by atoms with van der Waals surface area (Å²) in [5, 5.41) is 0. The average molecular weight is 508 g/mol. The van der Waals surface area contributed by atoms with Gasteiger partial charge in [-0.25, -0.2) is 13.1 Å². The highest BCUT2D eigenvalue weighted by Crippen LogP contribution is 2.24. The SMILES string of the molecule is CC1CCCN(c2ccc(CNS(=O)(=O)c3ccc4c(c3)sc(=O)n4Cc3ccccc3)cc2)C1. The molecule has 1 atom stereocenters. The molecule has 1 fully saturated rings. The molecule has 5 rings (SSSR count). The van der Waals surface area contributed by atoms with E-state index in [9.17, 15) is 13.2 Å². The molecule has 1 saturated heterocycles. The Kier molecular flexibility index (Phi) is 6.77. The fourth-order valence-corrected chi connectivity index (χ4v) is 6.69. The summed E-state index contributed by atoms with van der Waals surface area (Å²) >= 11 is 1.07. The largest absolute Gasteiger partial charge is 0.371 e. The minimum atomic E-state index is -3.72. The smallest absolute Gasteiger partial charge is 0.308 e. The van der Waals surface area contributed by atoms with Gasteiger partial charge in [0.25, 0.3) is 0 Å². The van der Waals surface area contributed by atoms with Crippen molar-refractivity contribution in [1.82, 2.24) is 9.29 Å². The Bertz CT molecular complexity index is 1480. The number of hydrogen-bond acceptors (Lipinski definition) is 5. The first-order chi connectivity index (χ1) is 16.9. The van der Waals surface area contributed by atoms with E-state index in [-0.39, 0.29) is 16.3 Å². The lowest BCUT2D eigenvalue weighted by Gasteiger charge is -2.32. The summed E-state index contributed by atoms with van der Waals surface area (Å²) < 4.78 is 31.0. The summed E-state index contributed by atoms with van der Waals surface area (Å²) in [5.74, 6) is 0.696. The zero-order chi connectivity index (χ0) is 24.4. The van der Waals surface area contributed by atoms with Crippen LogP contribution in [0.2, 0.25) is 0 Å². The van der Waals surface area contributed by atoms with Crippen LogP contribution < -0.4 is 14.5 Å². The number of benzene rings is 3. The molecule has 0 saturated carbocycles. The van der Waals surface area contributed by atoms with E-state index in [2.05, 4.69) is 28.7 Å². The molecule has 1 aromatic heterocycles. The number of sulfonamides is 1. The van der Waals surface area contributed by atoms with Crippen LogP contribution in [0.15, 0.2) is 82.5 Å². The van der Waals surface area contributed by atoms with E-state index >= 15 is 0 Å². The van der Waals surface area contributed by atoms with Crippen LogP contribution >= 0.6 is 11.3 Å². The van der Waals surface area contributed by atoms with Crippen molar-refractivity contribution in [3.8, 4) is 0 Å². The molecule has 0 bridgehead atoms. The highest BCUT2D eigenvalue weighted by atomic mass is 32.2. The maximum Gasteiger partial charge on any atom is 0.308 e. The van der Waals surface area contributed by atoms with Gasteiger partial charge in [0.15, 0.2) is 0 Å². The Labute approximate surface area is 209 Å². The lowest BCUT2D eigenvalue weighted by atomic mass is 9.99. The van der Waals surface area contributed by atoms with Gasteiger partial charge in [-0.3, -0.25) is 9.36 Å². The zero-order valence-electron chi connectivity index (χ0n) is 19.7. The molecule has 0 spiro atoms. The second kappa shape index (κ2) is 9.97. The summed E-state index contributed by atoms with van der Waals surface area (Å²) in [6, 6.07) is 22.7. The summed E-state index contributed by atoms with van der Waals surface area (Å²) in [7, 11) is -3.72. The summed E-state index contributed by atoms with van der Waals surface area (Å²) in [6.07, 6.45) is 2.48. The third kappa shape index (κ3) is 5.34. The van der Waals surface area contributed by atoms with E-state index < -0.39 is 10.0 Å². The summed E-state index contributed by atoms with van der Waals surface area (Å²) in [5.41, 5.74) is 3.85. The van der Waals surface area contributed by atoms with Gasteiger partial charge in [-0.2, -0.15) is 0 Å². The van der Waals surface area contributed by atoms with Crippen LogP contribution in [0.25, 0.3) is 10.2 Å². The minimum Gasteiger partial charge on any atom is -0.371 e. The first-order valence-electron chi connectivity index (χ1n) is 11.9. The molecular weight excluding hydrogens is 478 g/mol. The van der Waals surface area contributed by atoms with Gasteiger partial charge in [-0.1, -0.05) is 60.7 Å². The van der Waals surface area contributed by atoms with Crippen LogP contribution in [0.4, 0.5) is 5.69 Å². The molecule has 8 heteroatoms. The normalized spacial score (nSPS) is 16.6. The molecule has 1 aliphatic rings. The molecule has 0 aliphatic carbocycles. The Balaban J connectivity index is 1.29. The van der Waals surface area contributed by atoms with Crippen molar-refractivity contribution in [1.29, 1.82) is 0 Å². The van der Waals surface area contributed by atoms with Crippen LogP contribution in [0.3, 0.4) is 0 Å². The fraction of sp³-hybridized carbons (Fsp3) is 0.296. The number of piperidine rings is 1. The van der Waals surface area contributed by atoms with Gasteiger partial charge in [0.05, 0.1) is 21.7 Å². The number of anilines is 1. The molecule has 35 heavy (non-hydrogen) atoms. The summed E-state index contributed by atoms with van der Waals surface area (Å²) in [6.45, 7) is 5.08. The van der Waals surface area contributed by atoms with E-state index in [1.54, 1.807) is 22.8 Å². The van der Waals surface area contributed by atoms with E-state index in [0.29, 0.717) is 17.2 Å². The third-order valence-corrected chi connectivity index (χ3v) is 8.90. The van der Waals surface area contributed by atoms with Crippen LogP contribution in [-0.4, -0.2) is 26.1 Å². The lowest BCUT2D eigenvalue weighted by Crippen LogP contribution is -2.34. The van der Waals surface area contributed by atoms with Crippen molar-refractivity contribution in [2.75, 3.05) is 18.0 Å². The van der Waals surface area contributed by atoms with Gasteiger partial charge >= 0.3 is 4.87 Å².